The third kappa shape index (κ3) is 6.54. The molecule has 10 nitrogen and oxygen atoms in total. The summed E-state index contributed by atoms with van der Waals surface area (Å²) in [5.74, 6) is -1.27. The highest BCUT2D eigenvalue weighted by Crippen LogP contribution is 2.32. The second-order valence-corrected chi connectivity index (χ2v) is 9.65. The van der Waals surface area contributed by atoms with Crippen LogP contribution in [0.1, 0.15) is 24.2 Å². The van der Waals surface area contributed by atoms with Gasteiger partial charge in [0.25, 0.3) is 5.91 Å². The van der Waals surface area contributed by atoms with Crippen molar-refractivity contribution in [1.82, 2.24) is 20.1 Å². The molecule has 0 unspecified atom stereocenters. The van der Waals surface area contributed by atoms with E-state index in [9.17, 15) is 18.8 Å². The van der Waals surface area contributed by atoms with Gasteiger partial charge < -0.3 is 24.7 Å². The zero-order chi connectivity index (χ0) is 27.3. The number of hydrogen-bond donors (Lipinski definition) is 2. The summed E-state index contributed by atoms with van der Waals surface area (Å²) in [6.45, 7) is 6.27. The minimum atomic E-state index is -0.807. The number of benzene rings is 2. The summed E-state index contributed by atoms with van der Waals surface area (Å²) in [6, 6.07) is 10.6. The van der Waals surface area contributed by atoms with Crippen LogP contribution in [-0.2, 0) is 9.59 Å². The summed E-state index contributed by atoms with van der Waals surface area (Å²) in [4.78, 5) is 45.6. The first kappa shape index (κ1) is 26.8. The van der Waals surface area contributed by atoms with Gasteiger partial charge in [-0.2, -0.15) is 0 Å². The number of rotatable bonds is 7. The van der Waals surface area contributed by atoms with Crippen molar-refractivity contribution in [3.63, 3.8) is 0 Å². The average Bonchev–Trinajstić information content (AvgIpc) is 3.43. The Bertz CT molecular complexity index is 1300. The molecule has 1 fully saturated rings. The molecule has 11 heteroatoms. The van der Waals surface area contributed by atoms with Crippen molar-refractivity contribution in [2.24, 2.45) is 0 Å². The standard InChI is InChI=1S/C27H30FN5O5/c1-27(2,16-32-9-11-33(12-10-32)26(36)18-5-4-6-19(28)13-18)31-25(35)24(34)30-20-7-8-21(22(14-20)37-3)23-15-29-17-38-23/h4-8,13-15,17H,9-12,16H2,1-3H3,(H,30,34)(H,31,35). The van der Waals surface area contributed by atoms with E-state index in [1.165, 1.54) is 31.7 Å². The molecule has 2 N–H and O–H groups in total. The van der Waals surface area contributed by atoms with E-state index < -0.39 is 23.2 Å². The molecule has 0 saturated carbocycles. The number of halogens is 1. The fourth-order valence-electron chi connectivity index (χ4n) is 4.38. The first-order valence-corrected chi connectivity index (χ1v) is 12.1. The van der Waals surface area contributed by atoms with Crippen molar-refractivity contribution >= 4 is 23.4 Å². The Morgan fingerprint density at radius 3 is 2.50 bits per heavy atom. The van der Waals surface area contributed by atoms with Crippen molar-refractivity contribution in [3.8, 4) is 17.1 Å². The van der Waals surface area contributed by atoms with Gasteiger partial charge in [0.15, 0.2) is 12.2 Å². The molecule has 0 bridgehead atoms. The number of carbonyl (C=O) groups excluding carboxylic acids is 3. The number of hydrogen-bond acceptors (Lipinski definition) is 7. The van der Waals surface area contributed by atoms with Crippen LogP contribution in [0.25, 0.3) is 11.3 Å². The molecule has 4 rings (SSSR count). The van der Waals surface area contributed by atoms with Gasteiger partial charge in [-0.15, -0.1) is 0 Å². The maximum absolute atomic E-state index is 13.5. The summed E-state index contributed by atoms with van der Waals surface area (Å²) in [6.07, 6.45) is 2.86. The zero-order valence-electron chi connectivity index (χ0n) is 21.5. The number of amides is 3. The normalized spacial score (nSPS) is 14.2. The number of piperazine rings is 1. The molecular formula is C27H30FN5O5. The highest BCUT2D eigenvalue weighted by Gasteiger charge is 2.30. The maximum Gasteiger partial charge on any atom is 0.313 e. The van der Waals surface area contributed by atoms with E-state index in [0.717, 1.165) is 0 Å². The lowest BCUT2D eigenvalue weighted by Gasteiger charge is -2.39. The van der Waals surface area contributed by atoms with E-state index in [1.807, 2.05) is 13.8 Å². The van der Waals surface area contributed by atoms with Gasteiger partial charge in [-0.3, -0.25) is 19.3 Å². The van der Waals surface area contributed by atoms with Crippen LogP contribution < -0.4 is 15.4 Å². The largest absolute Gasteiger partial charge is 0.496 e. The van der Waals surface area contributed by atoms with Gasteiger partial charge in [0.05, 0.1) is 18.9 Å². The predicted molar refractivity (Wildman–Crippen MR) is 138 cm³/mol. The van der Waals surface area contributed by atoms with E-state index in [1.54, 1.807) is 35.4 Å². The van der Waals surface area contributed by atoms with Crippen LogP contribution in [0.2, 0.25) is 0 Å². The van der Waals surface area contributed by atoms with Gasteiger partial charge in [0.1, 0.15) is 11.6 Å². The molecule has 1 aliphatic rings. The quantitative estimate of drug-likeness (QED) is 0.458. The zero-order valence-corrected chi connectivity index (χ0v) is 21.5. The van der Waals surface area contributed by atoms with E-state index in [4.69, 9.17) is 9.15 Å². The van der Waals surface area contributed by atoms with Crippen molar-refractivity contribution in [2.45, 2.75) is 19.4 Å². The molecule has 1 saturated heterocycles. The number of anilines is 1. The fraction of sp³-hybridized carbons (Fsp3) is 0.333. The number of nitrogens with zero attached hydrogens (tertiary/aromatic N) is 3. The van der Waals surface area contributed by atoms with Crippen LogP contribution in [0, 0.1) is 5.82 Å². The molecule has 0 spiro atoms. The number of methoxy groups -OCH3 is 1. The van der Waals surface area contributed by atoms with Gasteiger partial charge in [-0.25, -0.2) is 9.37 Å². The highest BCUT2D eigenvalue weighted by molar-refractivity contribution is 6.39. The van der Waals surface area contributed by atoms with Crippen molar-refractivity contribution < 1.29 is 27.9 Å². The van der Waals surface area contributed by atoms with Crippen LogP contribution in [0.3, 0.4) is 0 Å². The number of carbonyl (C=O) groups is 3. The molecule has 38 heavy (non-hydrogen) atoms. The average molecular weight is 524 g/mol. The Hall–Kier alpha value is -4.25. The van der Waals surface area contributed by atoms with E-state index in [2.05, 4.69) is 20.5 Å². The Labute approximate surface area is 219 Å². The third-order valence-corrected chi connectivity index (χ3v) is 6.17. The molecule has 2 aromatic carbocycles. The lowest BCUT2D eigenvalue weighted by Crippen LogP contribution is -2.57. The number of nitrogens with one attached hydrogen (secondary N) is 2. The fourth-order valence-corrected chi connectivity index (χ4v) is 4.38. The van der Waals surface area contributed by atoms with E-state index >= 15 is 0 Å². The lowest BCUT2D eigenvalue weighted by atomic mass is 10.0. The second-order valence-electron chi connectivity index (χ2n) is 9.65. The van der Waals surface area contributed by atoms with Crippen LogP contribution >= 0.6 is 0 Å². The molecule has 1 aromatic heterocycles. The Morgan fingerprint density at radius 2 is 1.84 bits per heavy atom. The van der Waals surface area contributed by atoms with Crippen LogP contribution in [0.15, 0.2) is 59.5 Å². The smallest absolute Gasteiger partial charge is 0.313 e. The van der Waals surface area contributed by atoms with E-state index in [-0.39, 0.29) is 5.91 Å². The molecule has 3 amide bonds. The van der Waals surface area contributed by atoms with Gasteiger partial charge in [-0.05, 0) is 44.2 Å². The number of oxazole rings is 1. The predicted octanol–water partition coefficient (Wildman–Crippen LogP) is 2.78. The Morgan fingerprint density at radius 1 is 1.08 bits per heavy atom. The Balaban J connectivity index is 1.28. The van der Waals surface area contributed by atoms with Gasteiger partial charge in [0.2, 0.25) is 0 Å². The second kappa shape index (κ2) is 11.4. The van der Waals surface area contributed by atoms with Crippen LogP contribution in [-0.4, -0.2) is 77.9 Å². The highest BCUT2D eigenvalue weighted by atomic mass is 19.1. The first-order valence-electron chi connectivity index (χ1n) is 12.1. The monoisotopic (exact) mass is 523 g/mol. The minimum Gasteiger partial charge on any atom is -0.496 e. The minimum absolute atomic E-state index is 0.209. The topological polar surface area (TPSA) is 117 Å². The van der Waals surface area contributed by atoms with Crippen LogP contribution in [0.5, 0.6) is 5.75 Å². The molecule has 1 aliphatic heterocycles. The first-order chi connectivity index (χ1) is 18.1. The summed E-state index contributed by atoms with van der Waals surface area (Å²) in [7, 11) is 1.49. The number of ether oxygens (including phenoxy) is 1. The molecule has 2 heterocycles. The van der Waals surface area contributed by atoms with Gasteiger partial charge in [-0.1, -0.05) is 6.07 Å². The molecule has 3 aromatic rings. The summed E-state index contributed by atoms with van der Waals surface area (Å²) in [5, 5.41) is 5.37. The van der Waals surface area contributed by atoms with Gasteiger partial charge in [0, 0.05) is 55.6 Å². The molecular weight excluding hydrogens is 493 g/mol. The van der Waals surface area contributed by atoms with Crippen molar-refractivity contribution in [3.05, 3.63) is 66.4 Å². The number of aromatic nitrogens is 1. The summed E-state index contributed by atoms with van der Waals surface area (Å²) >= 11 is 0. The molecule has 0 atom stereocenters. The van der Waals surface area contributed by atoms with Crippen molar-refractivity contribution in [2.75, 3.05) is 45.2 Å². The molecule has 0 aliphatic carbocycles. The van der Waals surface area contributed by atoms with Crippen molar-refractivity contribution in [1.29, 1.82) is 0 Å². The molecule has 200 valence electrons. The molecule has 0 radical (unpaired) electrons. The summed E-state index contributed by atoms with van der Waals surface area (Å²) in [5.41, 5.74) is 0.660. The third-order valence-electron chi connectivity index (χ3n) is 6.17. The maximum atomic E-state index is 13.5. The Kier molecular flexibility index (Phi) is 8.06. The SMILES string of the molecule is COc1cc(NC(=O)C(=O)NC(C)(C)CN2CCN(C(=O)c3cccc(F)c3)CC2)ccc1-c1cnco1. The van der Waals surface area contributed by atoms with Crippen LogP contribution in [0.4, 0.5) is 10.1 Å². The van der Waals surface area contributed by atoms with Gasteiger partial charge >= 0.3 is 11.8 Å². The van der Waals surface area contributed by atoms with E-state index in [0.29, 0.717) is 61.0 Å². The lowest BCUT2D eigenvalue weighted by molar-refractivity contribution is -0.137. The summed E-state index contributed by atoms with van der Waals surface area (Å²) < 4.78 is 24.2.